The van der Waals surface area contributed by atoms with Gasteiger partial charge in [0.15, 0.2) is 6.10 Å². The molecule has 2 atom stereocenters. The molecule has 160 valence electrons. The van der Waals surface area contributed by atoms with Crippen LogP contribution in [0, 0.1) is 0 Å². The second kappa shape index (κ2) is 11.6. The van der Waals surface area contributed by atoms with Crippen LogP contribution in [0.3, 0.4) is 0 Å². The smallest absolute Gasteiger partial charge is 0.326 e. The largest absolute Gasteiger partial charge is 0.497 e. The van der Waals surface area contributed by atoms with E-state index >= 15 is 0 Å². The molecule has 0 heterocycles. The van der Waals surface area contributed by atoms with Crippen molar-refractivity contribution in [1.29, 1.82) is 0 Å². The summed E-state index contributed by atoms with van der Waals surface area (Å²) < 4.78 is 10.2. The molecule has 0 saturated carbocycles. The number of hydrogen-bond acceptors (Lipinski definition) is 5. The summed E-state index contributed by atoms with van der Waals surface area (Å²) in [6.07, 6.45) is -0.0890. The minimum absolute atomic E-state index is 0.181. The Morgan fingerprint density at radius 1 is 1.00 bits per heavy atom. The number of esters is 1. The maximum Gasteiger partial charge on any atom is 0.326 e. The molecule has 7 nitrogen and oxygen atoms in total. The molecule has 0 radical (unpaired) electrons. The van der Waals surface area contributed by atoms with Gasteiger partial charge in [0.05, 0.1) is 7.11 Å². The van der Waals surface area contributed by atoms with Gasteiger partial charge in [-0.2, -0.15) is 0 Å². The highest BCUT2D eigenvalue weighted by molar-refractivity contribution is 5.96. The molecule has 2 aromatic rings. The first-order chi connectivity index (χ1) is 14.4. The fraction of sp³-hybridized carbons (Fsp3) is 0.348. The van der Waals surface area contributed by atoms with Crippen LogP contribution < -0.4 is 15.4 Å². The quantitative estimate of drug-likeness (QED) is 0.585. The van der Waals surface area contributed by atoms with Gasteiger partial charge in [0, 0.05) is 18.0 Å². The third kappa shape index (κ3) is 6.92. The SMILES string of the molecule is CC[C@H](CNC(=O)[C@@H](C)OC(=O)CNC(=O)c1cccc(OC)c1)c1ccccc1. The van der Waals surface area contributed by atoms with E-state index in [0.29, 0.717) is 17.9 Å². The number of rotatable bonds is 10. The number of hydrogen-bond donors (Lipinski definition) is 2. The lowest BCUT2D eigenvalue weighted by Crippen LogP contribution is -2.40. The van der Waals surface area contributed by atoms with E-state index in [1.807, 2.05) is 30.3 Å². The summed E-state index contributed by atoms with van der Waals surface area (Å²) >= 11 is 0. The summed E-state index contributed by atoms with van der Waals surface area (Å²) in [5, 5.41) is 5.30. The van der Waals surface area contributed by atoms with Crippen molar-refractivity contribution in [3.63, 3.8) is 0 Å². The Morgan fingerprint density at radius 3 is 2.40 bits per heavy atom. The highest BCUT2D eigenvalue weighted by Gasteiger charge is 2.20. The van der Waals surface area contributed by atoms with Gasteiger partial charge in [-0.1, -0.05) is 43.3 Å². The lowest BCUT2D eigenvalue weighted by Gasteiger charge is -2.18. The number of amides is 2. The van der Waals surface area contributed by atoms with Crippen LogP contribution in [0.4, 0.5) is 0 Å². The van der Waals surface area contributed by atoms with E-state index in [1.165, 1.54) is 14.0 Å². The predicted octanol–water partition coefficient (Wildman–Crippen LogP) is 2.67. The molecule has 0 aliphatic carbocycles. The van der Waals surface area contributed by atoms with Crippen molar-refractivity contribution in [3.8, 4) is 5.75 Å². The first kappa shape index (κ1) is 22.9. The van der Waals surface area contributed by atoms with E-state index < -0.39 is 18.0 Å². The number of ether oxygens (including phenoxy) is 2. The third-order valence-corrected chi connectivity index (χ3v) is 4.69. The average Bonchev–Trinajstić information content (AvgIpc) is 2.78. The van der Waals surface area contributed by atoms with E-state index in [-0.39, 0.29) is 18.4 Å². The van der Waals surface area contributed by atoms with Crippen molar-refractivity contribution < 1.29 is 23.9 Å². The minimum atomic E-state index is -0.959. The fourth-order valence-corrected chi connectivity index (χ4v) is 2.90. The van der Waals surface area contributed by atoms with Gasteiger partial charge in [-0.15, -0.1) is 0 Å². The van der Waals surface area contributed by atoms with Gasteiger partial charge in [0.25, 0.3) is 11.8 Å². The summed E-state index contributed by atoms with van der Waals surface area (Å²) in [6.45, 7) is 3.67. The third-order valence-electron chi connectivity index (χ3n) is 4.69. The molecule has 0 bridgehead atoms. The van der Waals surface area contributed by atoms with Crippen LogP contribution in [0.15, 0.2) is 54.6 Å². The first-order valence-electron chi connectivity index (χ1n) is 9.89. The maximum atomic E-state index is 12.3. The monoisotopic (exact) mass is 412 g/mol. The Kier molecular flexibility index (Phi) is 8.87. The normalized spacial score (nSPS) is 12.4. The van der Waals surface area contributed by atoms with Gasteiger partial charge in [-0.05, 0) is 37.1 Å². The molecule has 0 unspecified atom stereocenters. The van der Waals surface area contributed by atoms with Crippen LogP contribution in [0.2, 0.25) is 0 Å². The van der Waals surface area contributed by atoms with Crippen LogP contribution in [0.1, 0.15) is 42.1 Å². The molecule has 0 aliphatic rings. The Hall–Kier alpha value is -3.35. The highest BCUT2D eigenvalue weighted by atomic mass is 16.5. The molecule has 2 aromatic carbocycles. The zero-order valence-corrected chi connectivity index (χ0v) is 17.5. The number of benzene rings is 2. The van der Waals surface area contributed by atoms with Crippen molar-refractivity contribution in [2.45, 2.75) is 32.3 Å². The van der Waals surface area contributed by atoms with E-state index in [2.05, 4.69) is 17.6 Å². The standard InChI is InChI=1S/C23H28N2O5/c1-4-17(18-9-6-5-7-10-18)14-24-22(27)16(2)30-21(26)15-25-23(28)19-11-8-12-20(13-19)29-3/h5-13,16-17H,4,14-15H2,1-3H3,(H,24,27)(H,25,28)/t16-,17-/m1/s1. The lowest BCUT2D eigenvalue weighted by atomic mass is 9.96. The number of carbonyl (C=O) groups is 3. The van der Waals surface area contributed by atoms with Gasteiger partial charge in [0.2, 0.25) is 0 Å². The molecule has 0 fully saturated rings. The van der Waals surface area contributed by atoms with Crippen molar-refractivity contribution >= 4 is 17.8 Å². The molecule has 0 aliphatic heterocycles. The summed E-state index contributed by atoms with van der Waals surface area (Å²) in [7, 11) is 1.50. The molecule has 2 amide bonds. The van der Waals surface area contributed by atoms with Crippen LogP contribution in [0.5, 0.6) is 5.75 Å². The van der Waals surface area contributed by atoms with E-state index in [4.69, 9.17) is 9.47 Å². The zero-order valence-electron chi connectivity index (χ0n) is 17.5. The maximum absolute atomic E-state index is 12.3. The summed E-state index contributed by atoms with van der Waals surface area (Å²) in [4.78, 5) is 36.4. The summed E-state index contributed by atoms with van der Waals surface area (Å²) in [6, 6.07) is 16.5. The number of methoxy groups -OCH3 is 1. The molecular weight excluding hydrogens is 384 g/mol. The molecule has 0 spiro atoms. The fourth-order valence-electron chi connectivity index (χ4n) is 2.90. The second-order valence-corrected chi connectivity index (χ2v) is 6.81. The Morgan fingerprint density at radius 2 is 1.73 bits per heavy atom. The molecule has 2 rings (SSSR count). The van der Waals surface area contributed by atoms with Crippen molar-refractivity contribution in [1.82, 2.24) is 10.6 Å². The minimum Gasteiger partial charge on any atom is -0.497 e. The molecule has 0 saturated heterocycles. The Bertz CT molecular complexity index is 854. The van der Waals surface area contributed by atoms with E-state index in [0.717, 1.165) is 12.0 Å². The van der Waals surface area contributed by atoms with Crippen molar-refractivity contribution in [2.24, 2.45) is 0 Å². The molecule has 30 heavy (non-hydrogen) atoms. The average molecular weight is 412 g/mol. The summed E-state index contributed by atoms with van der Waals surface area (Å²) in [5.74, 6) is -0.783. The molecular formula is C23H28N2O5. The number of nitrogens with one attached hydrogen (secondary N) is 2. The van der Waals surface area contributed by atoms with Gasteiger partial charge in [-0.25, -0.2) is 0 Å². The van der Waals surface area contributed by atoms with Crippen LogP contribution in [-0.2, 0) is 14.3 Å². The van der Waals surface area contributed by atoms with Crippen molar-refractivity contribution in [3.05, 3.63) is 65.7 Å². The van der Waals surface area contributed by atoms with Gasteiger partial charge in [0.1, 0.15) is 12.3 Å². The van der Waals surface area contributed by atoms with Crippen molar-refractivity contribution in [2.75, 3.05) is 20.2 Å². The van der Waals surface area contributed by atoms with Crippen LogP contribution >= 0.6 is 0 Å². The zero-order chi connectivity index (χ0) is 21.9. The summed E-state index contributed by atoms with van der Waals surface area (Å²) in [5.41, 5.74) is 1.50. The van der Waals surface area contributed by atoms with Gasteiger partial charge in [-0.3, -0.25) is 14.4 Å². The number of carbonyl (C=O) groups excluding carboxylic acids is 3. The predicted molar refractivity (Wildman–Crippen MR) is 113 cm³/mol. The van der Waals surface area contributed by atoms with Gasteiger partial charge >= 0.3 is 5.97 Å². The topological polar surface area (TPSA) is 93.7 Å². The van der Waals surface area contributed by atoms with Crippen LogP contribution in [0.25, 0.3) is 0 Å². The molecule has 7 heteroatoms. The van der Waals surface area contributed by atoms with Gasteiger partial charge < -0.3 is 20.1 Å². The second-order valence-electron chi connectivity index (χ2n) is 6.81. The van der Waals surface area contributed by atoms with Crippen LogP contribution in [-0.4, -0.2) is 44.1 Å². The van der Waals surface area contributed by atoms with E-state index in [9.17, 15) is 14.4 Å². The highest BCUT2D eigenvalue weighted by Crippen LogP contribution is 2.18. The van der Waals surface area contributed by atoms with E-state index in [1.54, 1.807) is 24.3 Å². The first-order valence-corrected chi connectivity index (χ1v) is 9.89. The lowest BCUT2D eigenvalue weighted by molar-refractivity contribution is -0.153. The molecule has 2 N–H and O–H groups in total. The Labute approximate surface area is 176 Å². The Balaban J connectivity index is 1.77. The molecule has 0 aromatic heterocycles.